The molecule has 0 radical (unpaired) electrons. The Labute approximate surface area is 107 Å². The third-order valence-electron chi connectivity index (χ3n) is 2.74. The van der Waals surface area contributed by atoms with Crippen LogP contribution in [0.25, 0.3) is 5.65 Å². The Morgan fingerprint density at radius 2 is 1.89 bits per heavy atom. The van der Waals surface area contributed by atoms with Gasteiger partial charge in [0.25, 0.3) is 5.56 Å². The number of nitrogens with zero attached hydrogens (tertiary/aromatic N) is 2. The highest BCUT2D eigenvalue weighted by Gasteiger charge is 2.29. The zero-order chi connectivity index (χ0) is 14.4. The molecule has 2 aromatic rings. The average Bonchev–Trinajstić information content (AvgIpc) is 2.56. The van der Waals surface area contributed by atoms with Crippen molar-refractivity contribution in [3.05, 3.63) is 33.9 Å². The molecule has 0 unspecified atom stereocenters. The van der Waals surface area contributed by atoms with Gasteiger partial charge in [-0.05, 0) is 17.0 Å². The maximum Gasteiger partial charge on any atom is 0.396 e. The van der Waals surface area contributed by atoms with Crippen LogP contribution in [0, 0.1) is 0 Å². The van der Waals surface area contributed by atoms with Crippen LogP contribution in [0.5, 0.6) is 0 Å². The minimum Gasteiger partial charge on any atom is -0.276 e. The normalized spacial score (nSPS) is 13.2. The smallest absolute Gasteiger partial charge is 0.276 e. The molecule has 0 aliphatic carbocycles. The van der Waals surface area contributed by atoms with E-state index in [1.54, 1.807) is 6.07 Å². The number of pyridine rings is 1. The van der Waals surface area contributed by atoms with Crippen molar-refractivity contribution in [2.24, 2.45) is 0 Å². The van der Waals surface area contributed by atoms with Crippen molar-refractivity contribution in [1.29, 1.82) is 0 Å². The lowest BCUT2D eigenvalue weighted by atomic mass is 9.88. The van der Waals surface area contributed by atoms with Crippen LogP contribution in [-0.4, -0.2) is 20.8 Å². The Bertz CT molecular complexity index is 661. The fourth-order valence-electron chi connectivity index (χ4n) is 1.74. The zero-order valence-electron chi connectivity index (χ0n) is 10.8. The molecule has 0 saturated heterocycles. The molecule has 0 saturated carbocycles. The summed E-state index contributed by atoms with van der Waals surface area (Å²) >= 11 is 0. The second kappa shape index (κ2) is 4.11. The lowest BCUT2D eigenvalue weighted by molar-refractivity contribution is -0.128. The number of alkyl halides is 3. The molecule has 0 aliphatic heterocycles. The fourth-order valence-corrected chi connectivity index (χ4v) is 1.74. The molecule has 0 aromatic carbocycles. The number of rotatable bonds is 1. The standard InChI is InChI=1S/C12H14F3N3O/c1-11(2,3)7-4-9-16-8(6-12(13,14)15)17-18(9)10(19)5-7/h4-5H,6H2,1-3H3,(H,16,17). The number of hydrogen-bond acceptors (Lipinski definition) is 2. The van der Waals surface area contributed by atoms with Crippen LogP contribution in [0.1, 0.15) is 32.2 Å². The summed E-state index contributed by atoms with van der Waals surface area (Å²) < 4.78 is 37.9. The van der Waals surface area contributed by atoms with E-state index in [1.807, 2.05) is 20.8 Å². The summed E-state index contributed by atoms with van der Waals surface area (Å²) in [6, 6.07) is 3.03. The van der Waals surface area contributed by atoms with Crippen molar-refractivity contribution in [1.82, 2.24) is 14.6 Å². The first kappa shape index (κ1) is 13.6. The van der Waals surface area contributed by atoms with Gasteiger partial charge in [0.1, 0.15) is 12.2 Å². The molecule has 2 heterocycles. The van der Waals surface area contributed by atoms with Gasteiger partial charge in [0.15, 0.2) is 5.65 Å². The number of fused-ring (bicyclic) bond motifs is 1. The molecule has 104 valence electrons. The quantitative estimate of drug-likeness (QED) is 0.867. The highest BCUT2D eigenvalue weighted by Crippen LogP contribution is 2.22. The summed E-state index contributed by atoms with van der Waals surface area (Å²) in [5.41, 5.74) is 0.263. The van der Waals surface area contributed by atoms with Gasteiger partial charge >= 0.3 is 6.18 Å². The highest BCUT2D eigenvalue weighted by atomic mass is 19.4. The minimum absolute atomic E-state index is 0.205. The molecule has 0 aliphatic rings. The maximum atomic E-state index is 12.3. The number of aromatic amines is 1. The molecule has 4 nitrogen and oxygen atoms in total. The molecule has 0 bridgehead atoms. The molecule has 0 spiro atoms. The van der Waals surface area contributed by atoms with Crippen LogP contribution in [0.15, 0.2) is 16.9 Å². The van der Waals surface area contributed by atoms with Gasteiger partial charge in [-0.25, -0.2) is 9.50 Å². The second-order valence-corrected chi connectivity index (χ2v) is 5.49. The van der Waals surface area contributed by atoms with E-state index in [2.05, 4.69) is 10.1 Å². The number of hydrogen-bond donors (Lipinski definition) is 1. The van der Waals surface area contributed by atoms with Crippen LogP contribution < -0.4 is 5.56 Å². The van der Waals surface area contributed by atoms with Crippen molar-refractivity contribution in [3.8, 4) is 0 Å². The van der Waals surface area contributed by atoms with Crippen LogP contribution in [0.2, 0.25) is 0 Å². The van der Waals surface area contributed by atoms with Gasteiger partial charge in [0.2, 0.25) is 0 Å². The molecule has 1 N–H and O–H groups in total. The Kier molecular flexibility index (Phi) is 2.95. The van der Waals surface area contributed by atoms with Gasteiger partial charge in [-0.1, -0.05) is 20.8 Å². The first-order chi connectivity index (χ1) is 8.56. The van der Waals surface area contributed by atoms with Crippen LogP contribution in [0.4, 0.5) is 13.2 Å². The van der Waals surface area contributed by atoms with Gasteiger partial charge in [0.05, 0.1) is 0 Å². The van der Waals surface area contributed by atoms with E-state index in [1.165, 1.54) is 6.07 Å². The summed E-state index contributed by atoms with van der Waals surface area (Å²) in [5, 5.41) is 2.37. The van der Waals surface area contributed by atoms with Crippen LogP contribution in [0.3, 0.4) is 0 Å². The monoisotopic (exact) mass is 273 g/mol. The number of nitrogens with one attached hydrogen (secondary N) is 1. The predicted octanol–water partition coefficient (Wildman–Crippen LogP) is 2.42. The summed E-state index contributed by atoms with van der Waals surface area (Å²) in [6.45, 7) is 5.75. The molecule has 7 heteroatoms. The van der Waals surface area contributed by atoms with E-state index >= 15 is 0 Å². The lowest BCUT2D eigenvalue weighted by Gasteiger charge is -2.18. The van der Waals surface area contributed by atoms with Crippen molar-refractivity contribution < 1.29 is 13.2 Å². The Balaban J connectivity index is 2.54. The van der Waals surface area contributed by atoms with Gasteiger partial charge < -0.3 is 0 Å². The van der Waals surface area contributed by atoms with Gasteiger partial charge in [0, 0.05) is 6.07 Å². The van der Waals surface area contributed by atoms with Crippen LogP contribution >= 0.6 is 0 Å². The fraction of sp³-hybridized carbons (Fsp3) is 0.500. The van der Waals surface area contributed by atoms with E-state index < -0.39 is 18.2 Å². The Morgan fingerprint density at radius 1 is 1.26 bits per heavy atom. The van der Waals surface area contributed by atoms with Crippen molar-refractivity contribution in [2.45, 2.75) is 38.8 Å². The van der Waals surface area contributed by atoms with Gasteiger partial charge in [-0.3, -0.25) is 9.89 Å². The largest absolute Gasteiger partial charge is 0.396 e. The molecular weight excluding hydrogens is 259 g/mol. The average molecular weight is 273 g/mol. The van der Waals surface area contributed by atoms with E-state index in [-0.39, 0.29) is 16.9 Å². The molecule has 0 amide bonds. The Hall–Kier alpha value is -1.79. The summed E-state index contributed by atoms with van der Waals surface area (Å²) in [4.78, 5) is 15.7. The molecular formula is C12H14F3N3O. The van der Waals surface area contributed by atoms with Crippen LogP contribution in [-0.2, 0) is 11.8 Å². The van der Waals surface area contributed by atoms with E-state index in [0.29, 0.717) is 0 Å². The molecule has 19 heavy (non-hydrogen) atoms. The SMILES string of the molecule is CC(C)(C)c1cc(=O)n2[nH]c(CC(F)(F)F)nc2c1. The molecule has 2 aromatic heterocycles. The minimum atomic E-state index is -4.36. The zero-order valence-corrected chi connectivity index (χ0v) is 10.8. The molecule has 0 atom stereocenters. The van der Waals surface area contributed by atoms with Gasteiger partial charge in [-0.2, -0.15) is 13.2 Å². The Morgan fingerprint density at radius 3 is 2.42 bits per heavy atom. The third kappa shape index (κ3) is 2.97. The predicted molar refractivity (Wildman–Crippen MR) is 64.3 cm³/mol. The molecule has 0 fully saturated rings. The molecule has 2 rings (SSSR count). The number of halogens is 3. The maximum absolute atomic E-state index is 12.3. The first-order valence-electron chi connectivity index (χ1n) is 5.75. The van der Waals surface area contributed by atoms with Crippen molar-refractivity contribution >= 4 is 5.65 Å². The van der Waals surface area contributed by atoms with Crippen molar-refractivity contribution in [3.63, 3.8) is 0 Å². The highest BCUT2D eigenvalue weighted by molar-refractivity contribution is 5.42. The number of H-pyrrole nitrogens is 1. The van der Waals surface area contributed by atoms with E-state index in [4.69, 9.17) is 0 Å². The number of aromatic nitrogens is 3. The topological polar surface area (TPSA) is 50.2 Å². The van der Waals surface area contributed by atoms with Crippen molar-refractivity contribution in [2.75, 3.05) is 0 Å². The van der Waals surface area contributed by atoms with Gasteiger partial charge in [-0.15, -0.1) is 0 Å². The van der Waals surface area contributed by atoms with E-state index in [9.17, 15) is 18.0 Å². The first-order valence-corrected chi connectivity index (χ1v) is 5.75. The summed E-state index contributed by atoms with van der Waals surface area (Å²) in [7, 11) is 0. The summed E-state index contributed by atoms with van der Waals surface area (Å²) in [6.07, 6.45) is -5.54. The van der Waals surface area contributed by atoms with E-state index in [0.717, 1.165) is 10.1 Å². The summed E-state index contributed by atoms with van der Waals surface area (Å²) in [5.74, 6) is -0.268. The second-order valence-electron chi connectivity index (χ2n) is 5.49. The lowest BCUT2D eigenvalue weighted by Crippen LogP contribution is -2.20. The third-order valence-corrected chi connectivity index (χ3v) is 2.74.